The minimum Gasteiger partial charge on any atom is -0.346 e. The zero-order valence-corrected chi connectivity index (χ0v) is 27.3. The molecule has 2 aromatic heterocycles. The summed E-state index contributed by atoms with van der Waals surface area (Å²) in [5.41, 5.74) is 5.85. The van der Waals surface area contributed by atoms with Gasteiger partial charge in [0.25, 0.3) is 0 Å². The number of benzene rings is 1. The standard InChI is InChI=1S/C36H48N4O2S/c1-23-19-24(2)21-26(20-23)32-29(13-18-38-16-11-25(12-17-38)34(41)39-14-5-6-15-39)30-22-31(43-33(30)37-32)36(3,4)35(42)40-27-7-8-28(40)10-9-27/h19-22,25,27-28,37H,5-18H2,1-4H3. The molecule has 0 radical (unpaired) electrons. The molecule has 4 aliphatic rings. The quantitative estimate of drug-likeness (QED) is 0.324. The molecule has 4 fully saturated rings. The summed E-state index contributed by atoms with van der Waals surface area (Å²) in [6, 6.07) is 10.0. The summed E-state index contributed by atoms with van der Waals surface area (Å²) in [7, 11) is 0. The van der Waals surface area contributed by atoms with Gasteiger partial charge in [0.05, 0.1) is 11.1 Å². The average molecular weight is 601 g/mol. The summed E-state index contributed by atoms with van der Waals surface area (Å²) in [6.07, 6.45) is 9.90. The van der Waals surface area contributed by atoms with E-state index in [0.29, 0.717) is 23.9 Å². The van der Waals surface area contributed by atoms with Gasteiger partial charge in [-0.05, 0) is 128 Å². The molecule has 43 heavy (non-hydrogen) atoms. The van der Waals surface area contributed by atoms with Gasteiger partial charge in [-0.3, -0.25) is 9.59 Å². The van der Waals surface area contributed by atoms with Gasteiger partial charge in [0, 0.05) is 47.9 Å². The average Bonchev–Trinajstić information content (AvgIpc) is 3.82. The number of hydrogen-bond acceptors (Lipinski definition) is 4. The first-order chi connectivity index (χ1) is 20.7. The number of fused-ring (bicyclic) bond motifs is 3. The summed E-state index contributed by atoms with van der Waals surface area (Å²) in [4.78, 5) is 40.0. The third-order valence-corrected chi connectivity index (χ3v) is 12.4. The van der Waals surface area contributed by atoms with Gasteiger partial charge in [-0.1, -0.05) is 17.2 Å². The topological polar surface area (TPSA) is 59.7 Å². The number of carbonyl (C=O) groups is 2. The van der Waals surface area contributed by atoms with Gasteiger partial charge in [0.2, 0.25) is 11.8 Å². The van der Waals surface area contributed by atoms with Crippen LogP contribution in [0.25, 0.3) is 21.5 Å². The normalized spacial score (nSPS) is 23.3. The molecule has 2 amide bonds. The number of hydrogen-bond donors (Lipinski definition) is 1. The maximum atomic E-state index is 14.0. The number of H-pyrrole nitrogens is 1. The Morgan fingerprint density at radius 2 is 1.51 bits per heavy atom. The lowest BCUT2D eigenvalue weighted by Crippen LogP contribution is -2.45. The van der Waals surface area contributed by atoms with Crippen LogP contribution in [0.5, 0.6) is 0 Å². The number of amides is 2. The van der Waals surface area contributed by atoms with Crippen LogP contribution in [0.2, 0.25) is 0 Å². The number of likely N-dealkylation sites (tertiary alicyclic amines) is 2. The Morgan fingerprint density at radius 3 is 2.14 bits per heavy atom. The van der Waals surface area contributed by atoms with Gasteiger partial charge in [-0.2, -0.15) is 0 Å². The van der Waals surface area contributed by atoms with Gasteiger partial charge in [-0.25, -0.2) is 0 Å². The van der Waals surface area contributed by atoms with Crippen molar-refractivity contribution in [3.05, 3.63) is 45.8 Å². The van der Waals surface area contributed by atoms with Crippen LogP contribution in [-0.4, -0.2) is 76.3 Å². The number of carbonyl (C=O) groups excluding carboxylic acids is 2. The van der Waals surface area contributed by atoms with Crippen LogP contribution in [0.15, 0.2) is 24.3 Å². The fraction of sp³-hybridized carbons (Fsp3) is 0.611. The van der Waals surface area contributed by atoms with Crippen molar-refractivity contribution in [1.29, 1.82) is 0 Å². The van der Waals surface area contributed by atoms with Crippen molar-refractivity contribution < 1.29 is 9.59 Å². The predicted molar refractivity (Wildman–Crippen MR) is 176 cm³/mol. The third kappa shape index (κ3) is 5.35. The largest absolute Gasteiger partial charge is 0.346 e. The summed E-state index contributed by atoms with van der Waals surface area (Å²) >= 11 is 1.77. The maximum Gasteiger partial charge on any atom is 0.233 e. The number of rotatable bonds is 7. The van der Waals surface area contributed by atoms with Gasteiger partial charge in [0.15, 0.2) is 0 Å². The van der Waals surface area contributed by atoms with E-state index in [-0.39, 0.29) is 5.92 Å². The van der Waals surface area contributed by atoms with E-state index in [1.54, 1.807) is 11.3 Å². The van der Waals surface area contributed by atoms with E-state index in [1.165, 1.54) is 68.7 Å². The van der Waals surface area contributed by atoms with Gasteiger partial charge in [0.1, 0.15) is 4.83 Å². The predicted octanol–water partition coefficient (Wildman–Crippen LogP) is 6.82. The second kappa shape index (κ2) is 11.4. The molecule has 0 atom stereocenters. The first kappa shape index (κ1) is 29.1. The molecule has 6 nitrogen and oxygen atoms in total. The summed E-state index contributed by atoms with van der Waals surface area (Å²) in [5.74, 6) is 0.902. The Kier molecular flexibility index (Phi) is 7.70. The van der Waals surface area contributed by atoms with Crippen LogP contribution in [0.4, 0.5) is 0 Å². The number of nitrogens with zero attached hydrogens (tertiary/aromatic N) is 3. The SMILES string of the molecule is Cc1cc(C)cc(-c2[nH]c3sc(C(C)(C)C(=O)N4C5CCC4CC5)cc3c2CCN2CCC(C(=O)N3CCCC3)CC2)c1. The minimum absolute atomic E-state index is 0.198. The van der Waals surface area contributed by atoms with Crippen molar-refractivity contribution in [3.8, 4) is 11.3 Å². The highest BCUT2D eigenvalue weighted by Crippen LogP contribution is 2.44. The van der Waals surface area contributed by atoms with Crippen molar-refractivity contribution in [2.24, 2.45) is 5.92 Å². The Bertz CT molecular complexity index is 1480. The Labute approximate surface area is 260 Å². The van der Waals surface area contributed by atoms with Gasteiger partial charge < -0.3 is 19.7 Å². The lowest BCUT2D eigenvalue weighted by Gasteiger charge is -2.33. The molecule has 2 bridgehead atoms. The first-order valence-corrected chi connectivity index (χ1v) is 17.6. The molecule has 4 saturated heterocycles. The lowest BCUT2D eigenvalue weighted by molar-refractivity contribution is -0.137. The number of aromatic amines is 1. The van der Waals surface area contributed by atoms with E-state index < -0.39 is 5.41 Å². The highest BCUT2D eigenvalue weighted by Gasteiger charge is 2.47. The molecule has 7 rings (SSSR count). The first-order valence-electron chi connectivity index (χ1n) is 16.8. The summed E-state index contributed by atoms with van der Waals surface area (Å²) in [6.45, 7) is 13.5. The third-order valence-electron chi connectivity index (χ3n) is 11.0. The molecule has 1 aromatic carbocycles. The van der Waals surface area contributed by atoms with E-state index in [9.17, 15) is 9.59 Å². The van der Waals surface area contributed by atoms with E-state index >= 15 is 0 Å². The van der Waals surface area contributed by atoms with Crippen LogP contribution in [0.1, 0.15) is 86.8 Å². The number of nitrogens with one attached hydrogen (secondary N) is 1. The van der Waals surface area contributed by atoms with Crippen molar-refractivity contribution in [2.75, 3.05) is 32.7 Å². The second-order valence-corrected chi connectivity index (χ2v) is 15.5. The molecular formula is C36H48N4O2S. The molecule has 0 aliphatic carbocycles. The molecule has 4 aliphatic heterocycles. The van der Waals surface area contributed by atoms with Crippen LogP contribution >= 0.6 is 11.3 Å². The number of aromatic nitrogens is 1. The number of piperidine rings is 1. The fourth-order valence-electron chi connectivity index (χ4n) is 8.51. The van der Waals surface area contributed by atoms with Gasteiger partial charge >= 0.3 is 0 Å². The molecule has 0 spiro atoms. The Balaban J connectivity index is 1.13. The van der Waals surface area contributed by atoms with Crippen LogP contribution < -0.4 is 0 Å². The fourth-order valence-corrected chi connectivity index (χ4v) is 9.69. The molecule has 1 N–H and O–H groups in total. The van der Waals surface area contributed by atoms with E-state index in [4.69, 9.17) is 0 Å². The monoisotopic (exact) mass is 600 g/mol. The molecule has 0 unspecified atom stereocenters. The molecular weight excluding hydrogens is 552 g/mol. The summed E-state index contributed by atoms with van der Waals surface area (Å²) in [5, 5.41) is 1.28. The van der Waals surface area contributed by atoms with Crippen molar-refractivity contribution >= 4 is 33.4 Å². The van der Waals surface area contributed by atoms with E-state index in [1.807, 2.05) is 0 Å². The molecule has 0 saturated carbocycles. The molecule has 7 heteroatoms. The number of thiophene rings is 1. The molecule has 3 aromatic rings. The minimum atomic E-state index is -0.531. The molecule has 230 valence electrons. The highest BCUT2D eigenvalue weighted by molar-refractivity contribution is 7.19. The smallest absolute Gasteiger partial charge is 0.233 e. The zero-order chi connectivity index (χ0) is 29.9. The van der Waals surface area contributed by atoms with Crippen molar-refractivity contribution in [3.63, 3.8) is 0 Å². The highest BCUT2D eigenvalue weighted by atomic mass is 32.1. The number of aryl methyl sites for hydroxylation is 2. The van der Waals surface area contributed by atoms with Crippen molar-refractivity contribution in [2.45, 2.75) is 103 Å². The van der Waals surface area contributed by atoms with Gasteiger partial charge in [-0.15, -0.1) is 11.3 Å². The lowest BCUT2D eigenvalue weighted by atomic mass is 9.88. The van der Waals surface area contributed by atoms with Crippen LogP contribution in [-0.2, 0) is 21.4 Å². The molecule has 6 heterocycles. The zero-order valence-electron chi connectivity index (χ0n) is 26.5. The Morgan fingerprint density at radius 1 is 0.884 bits per heavy atom. The van der Waals surface area contributed by atoms with Crippen LogP contribution in [0.3, 0.4) is 0 Å². The Hall–Kier alpha value is -2.64. The van der Waals surface area contributed by atoms with Crippen LogP contribution in [0, 0.1) is 19.8 Å². The van der Waals surface area contributed by atoms with E-state index in [0.717, 1.165) is 64.8 Å². The maximum absolute atomic E-state index is 14.0. The van der Waals surface area contributed by atoms with Crippen molar-refractivity contribution in [1.82, 2.24) is 19.7 Å². The second-order valence-electron chi connectivity index (χ2n) is 14.4. The van der Waals surface area contributed by atoms with E-state index in [2.05, 4.69) is 71.6 Å². The summed E-state index contributed by atoms with van der Waals surface area (Å²) < 4.78 is 0.